The van der Waals surface area contributed by atoms with Crippen LogP contribution < -0.4 is 0 Å². The van der Waals surface area contributed by atoms with Gasteiger partial charge in [-0.05, 0) is 30.3 Å². The van der Waals surface area contributed by atoms with Gasteiger partial charge >= 0.3 is 5.97 Å². The highest BCUT2D eigenvalue weighted by Crippen LogP contribution is 2.28. The van der Waals surface area contributed by atoms with Gasteiger partial charge in [-0.25, -0.2) is 9.78 Å². The molecule has 0 unspecified atom stereocenters. The number of hydrogen-bond donors (Lipinski definition) is 1. The van der Waals surface area contributed by atoms with Crippen LogP contribution in [0, 0.1) is 0 Å². The van der Waals surface area contributed by atoms with Crippen LogP contribution in [-0.2, 0) is 4.79 Å². The third kappa shape index (κ3) is 2.78. The number of aliphatic carboxylic acids is 1. The molecule has 3 aromatic heterocycles. The first kappa shape index (κ1) is 13.3. The smallest absolute Gasteiger partial charge is 0.328 e. The summed E-state index contributed by atoms with van der Waals surface area (Å²) in [5, 5.41) is 9.88. The zero-order valence-corrected chi connectivity index (χ0v) is 11.4. The van der Waals surface area contributed by atoms with Crippen molar-refractivity contribution in [3.05, 3.63) is 53.5 Å². The molecule has 104 valence electrons. The van der Waals surface area contributed by atoms with Crippen molar-refractivity contribution in [1.82, 2.24) is 9.97 Å². The molecular weight excluding hydrogens is 292 g/mol. The van der Waals surface area contributed by atoms with E-state index < -0.39 is 5.97 Å². The second-order valence-corrected chi connectivity index (χ2v) is 4.66. The van der Waals surface area contributed by atoms with Crippen molar-refractivity contribution in [2.75, 3.05) is 0 Å². The molecular formula is C15H9ClN2O3. The van der Waals surface area contributed by atoms with Gasteiger partial charge in [0, 0.05) is 23.9 Å². The maximum absolute atomic E-state index is 10.5. The van der Waals surface area contributed by atoms with E-state index in [0.717, 1.165) is 11.5 Å². The van der Waals surface area contributed by atoms with Crippen molar-refractivity contribution in [3.8, 4) is 11.5 Å². The normalized spacial score (nSPS) is 11.3. The van der Waals surface area contributed by atoms with Gasteiger partial charge in [-0.3, -0.25) is 4.98 Å². The Hall–Kier alpha value is -2.66. The zero-order chi connectivity index (χ0) is 14.8. The molecule has 0 aliphatic rings. The summed E-state index contributed by atoms with van der Waals surface area (Å²) >= 11 is 6.21. The van der Waals surface area contributed by atoms with Crippen molar-refractivity contribution in [1.29, 1.82) is 0 Å². The van der Waals surface area contributed by atoms with Crippen molar-refractivity contribution in [3.63, 3.8) is 0 Å². The van der Waals surface area contributed by atoms with E-state index in [1.54, 1.807) is 36.7 Å². The molecule has 0 radical (unpaired) electrons. The summed E-state index contributed by atoms with van der Waals surface area (Å²) in [6.45, 7) is 0. The minimum atomic E-state index is -1.03. The molecule has 21 heavy (non-hydrogen) atoms. The van der Waals surface area contributed by atoms with Crippen LogP contribution in [0.15, 0.2) is 47.2 Å². The van der Waals surface area contributed by atoms with Gasteiger partial charge in [-0.1, -0.05) is 11.6 Å². The lowest BCUT2D eigenvalue weighted by Crippen LogP contribution is -1.86. The second kappa shape index (κ2) is 5.38. The van der Waals surface area contributed by atoms with Crippen molar-refractivity contribution in [2.24, 2.45) is 0 Å². The molecule has 0 saturated heterocycles. The summed E-state index contributed by atoms with van der Waals surface area (Å²) in [5.74, 6) is -0.0897. The number of aromatic nitrogens is 2. The number of furan rings is 1. The lowest BCUT2D eigenvalue weighted by molar-refractivity contribution is -0.131. The molecule has 5 nitrogen and oxygen atoms in total. The summed E-state index contributed by atoms with van der Waals surface area (Å²) < 4.78 is 5.54. The summed E-state index contributed by atoms with van der Waals surface area (Å²) in [6.07, 6.45) is 5.67. The first-order valence-corrected chi connectivity index (χ1v) is 6.43. The molecule has 0 bridgehead atoms. The minimum absolute atomic E-state index is 0.431. The van der Waals surface area contributed by atoms with E-state index in [-0.39, 0.29) is 0 Å². The summed E-state index contributed by atoms with van der Waals surface area (Å²) in [4.78, 5) is 18.9. The minimum Gasteiger partial charge on any atom is -0.478 e. The maximum atomic E-state index is 10.5. The molecule has 0 aromatic carbocycles. The third-order valence-corrected chi connectivity index (χ3v) is 3.14. The van der Waals surface area contributed by atoms with E-state index in [2.05, 4.69) is 9.97 Å². The van der Waals surface area contributed by atoms with Crippen LogP contribution >= 0.6 is 11.6 Å². The van der Waals surface area contributed by atoms with Gasteiger partial charge in [-0.15, -0.1) is 0 Å². The largest absolute Gasteiger partial charge is 0.478 e. The summed E-state index contributed by atoms with van der Waals surface area (Å²) in [7, 11) is 0. The quantitative estimate of drug-likeness (QED) is 0.747. The zero-order valence-electron chi connectivity index (χ0n) is 10.7. The Kier molecular flexibility index (Phi) is 3.41. The monoisotopic (exact) mass is 300 g/mol. The number of halogens is 1. The van der Waals surface area contributed by atoms with E-state index in [9.17, 15) is 4.79 Å². The fourth-order valence-corrected chi connectivity index (χ4v) is 2.14. The van der Waals surface area contributed by atoms with Gasteiger partial charge < -0.3 is 9.52 Å². The van der Waals surface area contributed by atoms with Gasteiger partial charge in [0.2, 0.25) is 0 Å². The van der Waals surface area contributed by atoms with Gasteiger partial charge in [-0.2, -0.15) is 0 Å². The molecule has 0 amide bonds. The fourth-order valence-electron chi connectivity index (χ4n) is 1.89. The van der Waals surface area contributed by atoms with Crippen LogP contribution in [0.1, 0.15) is 5.76 Å². The number of carboxylic acid groups (broad SMARTS) is 1. The molecule has 0 atom stereocenters. The molecule has 0 spiro atoms. The molecule has 3 heterocycles. The third-order valence-electron chi connectivity index (χ3n) is 2.83. The first-order chi connectivity index (χ1) is 10.1. The van der Waals surface area contributed by atoms with Crippen LogP contribution in [0.25, 0.3) is 28.4 Å². The number of pyridine rings is 2. The number of nitrogens with zero attached hydrogens (tertiary/aromatic N) is 2. The topological polar surface area (TPSA) is 76.2 Å². The highest BCUT2D eigenvalue weighted by molar-refractivity contribution is 6.35. The van der Waals surface area contributed by atoms with Crippen LogP contribution in [0.5, 0.6) is 0 Å². The molecule has 1 N–H and O–H groups in total. The van der Waals surface area contributed by atoms with E-state index >= 15 is 0 Å². The summed E-state index contributed by atoms with van der Waals surface area (Å²) in [6, 6.07) is 6.84. The number of fused-ring (bicyclic) bond motifs is 1. The molecule has 0 aliphatic carbocycles. The molecule has 6 heteroatoms. The number of carboxylic acids is 1. The van der Waals surface area contributed by atoms with E-state index in [0.29, 0.717) is 27.8 Å². The van der Waals surface area contributed by atoms with Gasteiger partial charge in [0.1, 0.15) is 11.5 Å². The Morgan fingerprint density at radius 1 is 1.33 bits per heavy atom. The van der Waals surface area contributed by atoms with Gasteiger partial charge in [0.05, 0.1) is 10.5 Å². The molecule has 0 saturated carbocycles. The standard InChI is InChI=1S/C15H9ClN2O3/c16-11-7-13(18-12-5-6-17-8-10(11)12)14-3-1-9(21-14)2-4-15(19)20/h1-8H,(H,19,20)/b4-2+. The van der Waals surface area contributed by atoms with Gasteiger partial charge in [0.15, 0.2) is 5.76 Å². The fraction of sp³-hybridized carbons (Fsp3) is 0. The number of hydrogen-bond acceptors (Lipinski definition) is 4. The highest BCUT2D eigenvalue weighted by atomic mass is 35.5. The molecule has 0 aliphatic heterocycles. The van der Waals surface area contributed by atoms with E-state index in [1.807, 2.05) is 0 Å². The Balaban J connectivity index is 2.03. The van der Waals surface area contributed by atoms with Gasteiger partial charge in [0.25, 0.3) is 0 Å². The Bertz CT molecular complexity index is 855. The maximum Gasteiger partial charge on any atom is 0.328 e. The van der Waals surface area contributed by atoms with Crippen LogP contribution in [0.4, 0.5) is 0 Å². The number of rotatable bonds is 3. The van der Waals surface area contributed by atoms with E-state index in [4.69, 9.17) is 21.1 Å². The Morgan fingerprint density at radius 3 is 3.00 bits per heavy atom. The van der Waals surface area contributed by atoms with Crippen molar-refractivity contribution in [2.45, 2.75) is 0 Å². The second-order valence-electron chi connectivity index (χ2n) is 4.26. The lowest BCUT2D eigenvalue weighted by atomic mass is 10.2. The molecule has 3 aromatic rings. The van der Waals surface area contributed by atoms with E-state index in [1.165, 1.54) is 6.08 Å². The number of carbonyl (C=O) groups is 1. The van der Waals surface area contributed by atoms with Crippen LogP contribution in [0.2, 0.25) is 5.02 Å². The average Bonchev–Trinajstić information content (AvgIpc) is 2.94. The Labute approximate surface area is 124 Å². The first-order valence-electron chi connectivity index (χ1n) is 6.05. The van der Waals surface area contributed by atoms with Crippen LogP contribution in [-0.4, -0.2) is 21.0 Å². The molecule has 3 rings (SSSR count). The lowest BCUT2D eigenvalue weighted by Gasteiger charge is -2.02. The average molecular weight is 301 g/mol. The highest BCUT2D eigenvalue weighted by Gasteiger charge is 2.09. The predicted octanol–water partition coefficient (Wildman–Crippen LogP) is 3.64. The van der Waals surface area contributed by atoms with Crippen molar-refractivity contribution >= 4 is 34.5 Å². The van der Waals surface area contributed by atoms with Crippen molar-refractivity contribution < 1.29 is 14.3 Å². The Morgan fingerprint density at radius 2 is 2.19 bits per heavy atom. The SMILES string of the molecule is O=C(O)/C=C/c1ccc(-c2cc(Cl)c3cnccc3n2)o1. The summed E-state index contributed by atoms with van der Waals surface area (Å²) in [5.41, 5.74) is 1.29. The predicted molar refractivity (Wildman–Crippen MR) is 78.9 cm³/mol. The molecule has 0 fully saturated rings. The van der Waals surface area contributed by atoms with Crippen LogP contribution in [0.3, 0.4) is 0 Å².